The molecule has 1 aliphatic rings. The number of nitrogens with one attached hydrogen (secondary N) is 1. The molecule has 0 bridgehead atoms. The number of carbonyl (C=O) groups is 1. The normalized spacial score (nSPS) is 16.1. The van der Waals surface area contributed by atoms with E-state index in [1.54, 1.807) is 0 Å². The Bertz CT molecular complexity index is 514. The standard InChI is InChI=1S/C13H16F3N3O2/c1-21-8-9-6-10(18-11(7-9)13(14,15)16)12(20)19-4-2-17-3-5-19/h6-7,17H,2-5,8H2,1H3. The van der Waals surface area contributed by atoms with E-state index in [2.05, 4.69) is 10.3 Å². The Morgan fingerprint density at radius 2 is 2.05 bits per heavy atom. The first-order valence-electron chi connectivity index (χ1n) is 6.49. The third kappa shape index (κ3) is 3.92. The molecule has 0 unspecified atom stereocenters. The fourth-order valence-corrected chi connectivity index (χ4v) is 2.12. The monoisotopic (exact) mass is 303 g/mol. The first kappa shape index (κ1) is 15.7. The summed E-state index contributed by atoms with van der Waals surface area (Å²) in [5.41, 5.74) is -0.993. The number of hydrogen-bond donors (Lipinski definition) is 1. The van der Waals surface area contributed by atoms with E-state index in [-0.39, 0.29) is 17.9 Å². The predicted octanol–water partition coefficient (Wildman–Crippen LogP) is 1.29. The summed E-state index contributed by atoms with van der Waals surface area (Å²) in [4.78, 5) is 17.2. The first-order valence-corrected chi connectivity index (χ1v) is 6.49. The van der Waals surface area contributed by atoms with Crippen LogP contribution in [0.2, 0.25) is 0 Å². The van der Waals surface area contributed by atoms with Gasteiger partial charge in [0.05, 0.1) is 6.61 Å². The minimum absolute atomic E-state index is 0.00651. The summed E-state index contributed by atoms with van der Waals surface area (Å²) in [6, 6.07) is 2.25. The second-order valence-electron chi connectivity index (χ2n) is 4.72. The van der Waals surface area contributed by atoms with Crippen molar-refractivity contribution in [2.45, 2.75) is 12.8 Å². The van der Waals surface area contributed by atoms with Gasteiger partial charge in [-0.1, -0.05) is 0 Å². The number of methoxy groups -OCH3 is 1. The van der Waals surface area contributed by atoms with Gasteiger partial charge in [0.15, 0.2) is 0 Å². The molecule has 0 aliphatic carbocycles. The molecule has 0 radical (unpaired) electrons. The second-order valence-corrected chi connectivity index (χ2v) is 4.72. The van der Waals surface area contributed by atoms with Crippen LogP contribution in [-0.4, -0.2) is 49.1 Å². The van der Waals surface area contributed by atoms with E-state index in [0.717, 1.165) is 6.07 Å². The van der Waals surface area contributed by atoms with Crippen LogP contribution in [0.1, 0.15) is 21.7 Å². The molecule has 1 aliphatic heterocycles. The van der Waals surface area contributed by atoms with E-state index >= 15 is 0 Å². The Balaban J connectivity index is 2.32. The average molecular weight is 303 g/mol. The van der Waals surface area contributed by atoms with Gasteiger partial charge in [-0.3, -0.25) is 4.79 Å². The smallest absolute Gasteiger partial charge is 0.380 e. The summed E-state index contributed by atoms with van der Waals surface area (Å²) in [5, 5.41) is 3.07. The van der Waals surface area contributed by atoms with Crippen molar-refractivity contribution in [1.29, 1.82) is 0 Å². The third-order valence-corrected chi connectivity index (χ3v) is 3.11. The maximum absolute atomic E-state index is 12.9. The minimum Gasteiger partial charge on any atom is -0.380 e. The van der Waals surface area contributed by atoms with Crippen LogP contribution in [0.25, 0.3) is 0 Å². The lowest BCUT2D eigenvalue weighted by Crippen LogP contribution is -2.46. The van der Waals surface area contributed by atoms with Gasteiger partial charge in [-0.2, -0.15) is 13.2 Å². The van der Waals surface area contributed by atoms with Gasteiger partial charge < -0.3 is 15.0 Å². The molecule has 0 aromatic carbocycles. The number of halogens is 3. The van der Waals surface area contributed by atoms with E-state index in [9.17, 15) is 18.0 Å². The molecule has 1 saturated heterocycles. The van der Waals surface area contributed by atoms with Gasteiger partial charge >= 0.3 is 6.18 Å². The Morgan fingerprint density at radius 3 is 2.62 bits per heavy atom. The Labute approximate surface area is 120 Å². The quantitative estimate of drug-likeness (QED) is 0.914. The van der Waals surface area contributed by atoms with Crippen LogP contribution in [0.15, 0.2) is 12.1 Å². The molecule has 1 N–H and O–H groups in total. The van der Waals surface area contributed by atoms with E-state index in [1.807, 2.05) is 0 Å². The zero-order chi connectivity index (χ0) is 15.5. The fraction of sp³-hybridized carbons (Fsp3) is 0.538. The zero-order valence-corrected chi connectivity index (χ0v) is 11.5. The van der Waals surface area contributed by atoms with Gasteiger partial charge in [0.1, 0.15) is 11.4 Å². The van der Waals surface area contributed by atoms with Gasteiger partial charge in [0.25, 0.3) is 5.91 Å². The summed E-state index contributed by atoms with van der Waals surface area (Å²) >= 11 is 0. The Morgan fingerprint density at radius 1 is 1.38 bits per heavy atom. The maximum Gasteiger partial charge on any atom is 0.433 e. The molecule has 1 fully saturated rings. The Kier molecular flexibility index (Phi) is 4.79. The molecule has 116 valence electrons. The van der Waals surface area contributed by atoms with Crippen molar-refractivity contribution in [2.24, 2.45) is 0 Å². The molecule has 1 aromatic rings. The van der Waals surface area contributed by atoms with Gasteiger partial charge in [0.2, 0.25) is 0 Å². The van der Waals surface area contributed by atoms with Crippen molar-refractivity contribution >= 4 is 5.91 Å². The minimum atomic E-state index is -4.60. The number of ether oxygens (including phenoxy) is 1. The van der Waals surface area contributed by atoms with Crippen LogP contribution in [0.3, 0.4) is 0 Å². The van der Waals surface area contributed by atoms with E-state index in [4.69, 9.17) is 4.74 Å². The van der Waals surface area contributed by atoms with E-state index in [0.29, 0.717) is 26.2 Å². The third-order valence-electron chi connectivity index (χ3n) is 3.11. The van der Waals surface area contributed by atoms with Crippen molar-refractivity contribution in [1.82, 2.24) is 15.2 Å². The van der Waals surface area contributed by atoms with Crippen molar-refractivity contribution in [2.75, 3.05) is 33.3 Å². The highest BCUT2D eigenvalue weighted by Crippen LogP contribution is 2.29. The summed E-state index contributed by atoms with van der Waals surface area (Å²) in [6.45, 7) is 2.14. The molecule has 0 spiro atoms. The van der Waals surface area contributed by atoms with Crippen LogP contribution in [-0.2, 0) is 17.5 Å². The lowest BCUT2D eigenvalue weighted by Gasteiger charge is -2.27. The molecular formula is C13H16F3N3O2. The zero-order valence-electron chi connectivity index (χ0n) is 11.5. The maximum atomic E-state index is 12.9. The van der Waals surface area contributed by atoms with Crippen LogP contribution in [0.4, 0.5) is 13.2 Å². The molecule has 0 atom stereocenters. The topological polar surface area (TPSA) is 54.5 Å². The largest absolute Gasteiger partial charge is 0.433 e. The molecule has 2 heterocycles. The highest BCUT2D eigenvalue weighted by molar-refractivity contribution is 5.92. The predicted molar refractivity (Wildman–Crippen MR) is 68.7 cm³/mol. The number of aromatic nitrogens is 1. The number of piperazine rings is 1. The second kappa shape index (κ2) is 6.40. The number of pyridine rings is 1. The molecule has 2 rings (SSSR count). The first-order chi connectivity index (χ1) is 9.91. The number of alkyl halides is 3. The number of rotatable bonds is 3. The molecule has 8 heteroatoms. The van der Waals surface area contributed by atoms with Gasteiger partial charge in [0, 0.05) is 33.3 Å². The van der Waals surface area contributed by atoms with Crippen molar-refractivity contribution < 1.29 is 22.7 Å². The van der Waals surface area contributed by atoms with Gasteiger partial charge in [-0.15, -0.1) is 0 Å². The molecule has 1 amide bonds. The Hall–Kier alpha value is -1.67. The fourth-order valence-electron chi connectivity index (χ4n) is 2.12. The van der Waals surface area contributed by atoms with Crippen molar-refractivity contribution in [3.63, 3.8) is 0 Å². The summed E-state index contributed by atoms with van der Waals surface area (Å²) in [5.74, 6) is -0.486. The molecular weight excluding hydrogens is 287 g/mol. The average Bonchev–Trinajstić information content (AvgIpc) is 2.46. The summed E-state index contributed by atoms with van der Waals surface area (Å²) in [6.07, 6.45) is -4.60. The summed E-state index contributed by atoms with van der Waals surface area (Å²) in [7, 11) is 1.38. The van der Waals surface area contributed by atoms with Crippen LogP contribution < -0.4 is 5.32 Å². The number of amides is 1. The lowest BCUT2D eigenvalue weighted by molar-refractivity contribution is -0.141. The van der Waals surface area contributed by atoms with Gasteiger partial charge in [-0.25, -0.2) is 4.98 Å². The molecule has 0 saturated carbocycles. The van der Waals surface area contributed by atoms with Crippen molar-refractivity contribution in [3.05, 3.63) is 29.1 Å². The SMILES string of the molecule is COCc1cc(C(=O)N2CCNCC2)nc(C(F)(F)F)c1. The summed E-state index contributed by atoms with van der Waals surface area (Å²) < 4.78 is 43.4. The molecule has 1 aromatic heterocycles. The van der Waals surface area contributed by atoms with Crippen LogP contribution in [0.5, 0.6) is 0 Å². The molecule has 21 heavy (non-hydrogen) atoms. The lowest BCUT2D eigenvalue weighted by atomic mass is 10.1. The highest BCUT2D eigenvalue weighted by atomic mass is 19.4. The number of carbonyl (C=O) groups excluding carboxylic acids is 1. The van der Waals surface area contributed by atoms with E-state index < -0.39 is 17.8 Å². The highest BCUT2D eigenvalue weighted by Gasteiger charge is 2.34. The van der Waals surface area contributed by atoms with Crippen LogP contribution in [0, 0.1) is 0 Å². The van der Waals surface area contributed by atoms with Crippen molar-refractivity contribution in [3.8, 4) is 0 Å². The molecule has 5 nitrogen and oxygen atoms in total. The number of hydrogen-bond acceptors (Lipinski definition) is 4. The van der Waals surface area contributed by atoms with Crippen LogP contribution >= 0.6 is 0 Å². The number of nitrogens with zero attached hydrogens (tertiary/aromatic N) is 2. The van der Waals surface area contributed by atoms with Gasteiger partial charge in [-0.05, 0) is 17.7 Å². The van der Waals surface area contributed by atoms with E-state index in [1.165, 1.54) is 18.1 Å².